The summed E-state index contributed by atoms with van der Waals surface area (Å²) in [5.41, 5.74) is 0. The Kier molecular flexibility index (Phi) is 5.76. The molecule has 2 aromatic rings. The van der Waals surface area contributed by atoms with E-state index in [0.717, 1.165) is 17.3 Å². The van der Waals surface area contributed by atoms with E-state index in [1.54, 1.807) is 0 Å². The molecule has 1 unspecified atom stereocenters. The van der Waals surface area contributed by atoms with Crippen molar-refractivity contribution in [1.29, 1.82) is 0 Å². The van der Waals surface area contributed by atoms with Gasteiger partial charge in [-0.2, -0.15) is 0 Å². The molecule has 0 radical (unpaired) electrons. The van der Waals surface area contributed by atoms with E-state index in [2.05, 4.69) is 43.4 Å². The first-order chi connectivity index (χ1) is 9.19. The maximum atomic E-state index is 5.90. The molecule has 0 saturated heterocycles. The molecule has 1 heterocycles. The van der Waals surface area contributed by atoms with Crippen LogP contribution in [-0.4, -0.2) is 12.3 Å². The molecule has 1 atom stereocenters. The number of thioether (sulfide) groups is 1. The Morgan fingerprint density at radius 1 is 1.21 bits per heavy atom. The average molecular weight is 312 g/mol. The number of aryl methyl sites for hydroxylation is 1. The van der Waals surface area contributed by atoms with Crippen LogP contribution in [0.15, 0.2) is 41.3 Å². The molecule has 0 aliphatic heterocycles. The van der Waals surface area contributed by atoms with Crippen molar-refractivity contribution in [2.45, 2.75) is 24.8 Å². The molecular weight excluding hydrogens is 294 g/mol. The lowest BCUT2D eigenvalue weighted by Crippen LogP contribution is -2.21. The molecule has 2 rings (SSSR count). The zero-order chi connectivity index (χ0) is 13.7. The standard InChI is InChI=1S/C15H18ClNS2/c1-3-17-14(15-9-4-11(2)19-15)10-18-13-7-5-12(16)6-8-13/h4-9,14,17H,3,10H2,1-2H3. The van der Waals surface area contributed by atoms with Gasteiger partial charge in [0, 0.05) is 25.4 Å². The van der Waals surface area contributed by atoms with Crippen molar-refractivity contribution >= 4 is 34.7 Å². The lowest BCUT2D eigenvalue weighted by Gasteiger charge is -2.16. The van der Waals surface area contributed by atoms with Crippen LogP contribution in [0.2, 0.25) is 5.02 Å². The minimum Gasteiger partial charge on any atom is -0.309 e. The third kappa shape index (κ3) is 4.53. The predicted octanol–water partition coefficient (Wildman–Crippen LogP) is 5.15. The smallest absolute Gasteiger partial charge is 0.0510 e. The molecule has 0 amide bonds. The van der Waals surface area contributed by atoms with Crippen molar-refractivity contribution < 1.29 is 0 Å². The molecule has 1 nitrogen and oxygen atoms in total. The fourth-order valence-corrected chi connectivity index (χ4v) is 4.01. The van der Waals surface area contributed by atoms with Gasteiger partial charge in [-0.15, -0.1) is 23.1 Å². The Hall–Kier alpha value is -0.480. The van der Waals surface area contributed by atoms with Crippen LogP contribution < -0.4 is 5.32 Å². The average Bonchev–Trinajstić information content (AvgIpc) is 2.83. The van der Waals surface area contributed by atoms with E-state index >= 15 is 0 Å². The van der Waals surface area contributed by atoms with E-state index in [0.29, 0.717) is 6.04 Å². The highest BCUT2D eigenvalue weighted by Gasteiger charge is 2.12. The molecule has 0 aliphatic carbocycles. The molecule has 0 spiro atoms. The van der Waals surface area contributed by atoms with Crippen molar-refractivity contribution in [3.8, 4) is 0 Å². The second-order valence-corrected chi connectivity index (χ2v) is 7.17. The van der Waals surface area contributed by atoms with Gasteiger partial charge in [-0.25, -0.2) is 0 Å². The number of benzene rings is 1. The van der Waals surface area contributed by atoms with Crippen LogP contribution >= 0.6 is 34.7 Å². The van der Waals surface area contributed by atoms with Crippen molar-refractivity contribution in [2.75, 3.05) is 12.3 Å². The van der Waals surface area contributed by atoms with Gasteiger partial charge in [0.1, 0.15) is 0 Å². The highest BCUT2D eigenvalue weighted by molar-refractivity contribution is 7.99. The van der Waals surface area contributed by atoms with E-state index in [9.17, 15) is 0 Å². The predicted molar refractivity (Wildman–Crippen MR) is 87.6 cm³/mol. The molecule has 0 saturated carbocycles. The second-order valence-electron chi connectivity index (χ2n) is 4.32. The van der Waals surface area contributed by atoms with E-state index in [1.807, 2.05) is 35.2 Å². The Labute approximate surface area is 128 Å². The number of nitrogens with one attached hydrogen (secondary N) is 1. The topological polar surface area (TPSA) is 12.0 Å². The molecule has 0 aliphatic rings. The quantitative estimate of drug-likeness (QED) is 0.740. The minimum atomic E-state index is 0.421. The van der Waals surface area contributed by atoms with Gasteiger partial charge in [-0.3, -0.25) is 0 Å². The van der Waals surface area contributed by atoms with E-state index in [4.69, 9.17) is 11.6 Å². The number of rotatable bonds is 6. The number of thiophene rings is 1. The summed E-state index contributed by atoms with van der Waals surface area (Å²) in [4.78, 5) is 4.05. The van der Waals surface area contributed by atoms with Gasteiger partial charge in [0.2, 0.25) is 0 Å². The first-order valence-corrected chi connectivity index (χ1v) is 8.55. The molecule has 0 bridgehead atoms. The Balaban J connectivity index is 1.99. The van der Waals surface area contributed by atoms with E-state index < -0.39 is 0 Å². The van der Waals surface area contributed by atoms with Crippen LogP contribution in [-0.2, 0) is 0 Å². The summed E-state index contributed by atoms with van der Waals surface area (Å²) in [5, 5.41) is 4.35. The van der Waals surface area contributed by atoms with Crippen molar-refractivity contribution in [3.63, 3.8) is 0 Å². The van der Waals surface area contributed by atoms with Crippen LogP contribution in [0.5, 0.6) is 0 Å². The molecule has 1 aromatic heterocycles. The van der Waals surface area contributed by atoms with Crippen LogP contribution in [0.25, 0.3) is 0 Å². The minimum absolute atomic E-state index is 0.421. The largest absolute Gasteiger partial charge is 0.309 e. The van der Waals surface area contributed by atoms with Gasteiger partial charge in [-0.05, 0) is 49.9 Å². The normalized spacial score (nSPS) is 12.6. The van der Waals surface area contributed by atoms with Crippen LogP contribution in [0.3, 0.4) is 0 Å². The van der Waals surface area contributed by atoms with E-state index in [1.165, 1.54) is 14.6 Å². The van der Waals surface area contributed by atoms with Crippen LogP contribution in [0.4, 0.5) is 0 Å². The lowest BCUT2D eigenvalue weighted by atomic mass is 10.2. The van der Waals surface area contributed by atoms with Gasteiger partial charge in [0.05, 0.1) is 6.04 Å². The fraction of sp³-hybridized carbons (Fsp3) is 0.333. The molecule has 102 valence electrons. The van der Waals surface area contributed by atoms with Gasteiger partial charge in [0.25, 0.3) is 0 Å². The van der Waals surface area contributed by atoms with Gasteiger partial charge < -0.3 is 5.32 Å². The van der Waals surface area contributed by atoms with Crippen LogP contribution in [0, 0.1) is 6.92 Å². The molecule has 1 N–H and O–H groups in total. The number of hydrogen-bond donors (Lipinski definition) is 1. The van der Waals surface area contributed by atoms with Crippen molar-refractivity contribution in [1.82, 2.24) is 5.32 Å². The second kappa shape index (κ2) is 7.34. The summed E-state index contributed by atoms with van der Waals surface area (Å²) in [6.07, 6.45) is 0. The highest BCUT2D eigenvalue weighted by Crippen LogP contribution is 2.29. The van der Waals surface area contributed by atoms with Gasteiger partial charge in [-0.1, -0.05) is 18.5 Å². The third-order valence-electron chi connectivity index (χ3n) is 2.79. The number of hydrogen-bond acceptors (Lipinski definition) is 3. The summed E-state index contributed by atoms with van der Waals surface area (Å²) >= 11 is 9.65. The number of halogens is 1. The Morgan fingerprint density at radius 3 is 2.53 bits per heavy atom. The third-order valence-corrected chi connectivity index (χ3v) is 5.26. The SMILES string of the molecule is CCNC(CSc1ccc(Cl)cc1)c1ccc(C)s1. The van der Waals surface area contributed by atoms with Crippen LogP contribution in [0.1, 0.15) is 22.7 Å². The fourth-order valence-electron chi connectivity index (χ4n) is 1.84. The Morgan fingerprint density at radius 2 is 1.95 bits per heavy atom. The van der Waals surface area contributed by atoms with Gasteiger partial charge in [0.15, 0.2) is 0 Å². The summed E-state index contributed by atoms with van der Waals surface area (Å²) < 4.78 is 0. The highest BCUT2D eigenvalue weighted by atomic mass is 35.5. The summed E-state index contributed by atoms with van der Waals surface area (Å²) in [6, 6.07) is 12.9. The first kappa shape index (κ1) is 14.9. The maximum Gasteiger partial charge on any atom is 0.0510 e. The monoisotopic (exact) mass is 311 g/mol. The molecule has 19 heavy (non-hydrogen) atoms. The summed E-state index contributed by atoms with van der Waals surface area (Å²) in [5.74, 6) is 1.04. The molecule has 4 heteroatoms. The van der Waals surface area contributed by atoms with Crippen molar-refractivity contribution in [3.05, 3.63) is 51.2 Å². The van der Waals surface area contributed by atoms with Crippen molar-refractivity contribution in [2.24, 2.45) is 0 Å². The lowest BCUT2D eigenvalue weighted by molar-refractivity contribution is 0.615. The van der Waals surface area contributed by atoms with E-state index in [-0.39, 0.29) is 0 Å². The Bertz CT molecular complexity index is 507. The zero-order valence-electron chi connectivity index (χ0n) is 11.2. The molecule has 1 aromatic carbocycles. The first-order valence-electron chi connectivity index (χ1n) is 6.37. The molecular formula is C15H18ClNS2. The summed E-state index contributed by atoms with van der Waals surface area (Å²) in [6.45, 7) is 5.30. The summed E-state index contributed by atoms with van der Waals surface area (Å²) in [7, 11) is 0. The van der Waals surface area contributed by atoms with Gasteiger partial charge >= 0.3 is 0 Å². The maximum absolute atomic E-state index is 5.90. The zero-order valence-corrected chi connectivity index (χ0v) is 13.5. The molecule has 0 fully saturated rings.